The molecule has 0 saturated carbocycles. The highest BCUT2D eigenvalue weighted by atomic mass is 16.7. The molecule has 0 amide bonds. The van der Waals surface area contributed by atoms with E-state index in [0.717, 1.165) is 28.3 Å². The quantitative estimate of drug-likeness (QED) is 0.505. The Morgan fingerprint density at radius 1 is 0.800 bits per heavy atom. The number of carbonyl (C=O) groups excluding carboxylic acids is 2. The first-order valence-electron chi connectivity index (χ1n) is 11.0. The van der Waals surface area contributed by atoms with Crippen molar-refractivity contribution in [2.24, 2.45) is 0 Å². The lowest BCUT2D eigenvalue weighted by Gasteiger charge is -2.46. The second-order valence-corrected chi connectivity index (χ2v) is 7.99. The maximum Gasteiger partial charge on any atom is 0.376 e. The minimum atomic E-state index is -0.750. The van der Waals surface area contributed by atoms with Gasteiger partial charge >= 0.3 is 11.9 Å². The van der Waals surface area contributed by atoms with Crippen LogP contribution in [0.1, 0.15) is 23.3 Å². The summed E-state index contributed by atoms with van der Waals surface area (Å²) in [5, 5.41) is 1.65. The van der Waals surface area contributed by atoms with Gasteiger partial charge in [-0.3, -0.25) is 0 Å². The predicted molar refractivity (Wildman–Crippen MR) is 127 cm³/mol. The van der Waals surface area contributed by atoms with Crippen LogP contribution < -0.4 is 9.64 Å². The van der Waals surface area contributed by atoms with Crippen LogP contribution in [-0.4, -0.2) is 38.3 Å². The maximum absolute atomic E-state index is 13.0. The van der Waals surface area contributed by atoms with Gasteiger partial charge in [-0.2, -0.15) is 0 Å². The van der Waals surface area contributed by atoms with Gasteiger partial charge in [0.15, 0.2) is 0 Å². The van der Waals surface area contributed by atoms with Crippen molar-refractivity contribution in [1.82, 2.24) is 5.06 Å². The number of hydroxylamine groups is 2. The van der Waals surface area contributed by atoms with Crippen LogP contribution in [0.4, 0.5) is 11.4 Å². The van der Waals surface area contributed by atoms with Crippen molar-refractivity contribution in [3.8, 4) is 5.75 Å². The Hall–Kier alpha value is -4.30. The number of carbonyl (C=O) groups is 2. The van der Waals surface area contributed by atoms with E-state index in [2.05, 4.69) is 4.90 Å². The molecule has 0 saturated heterocycles. The van der Waals surface area contributed by atoms with Crippen molar-refractivity contribution < 1.29 is 28.6 Å². The summed E-state index contributed by atoms with van der Waals surface area (Å²) >= 11 is 0. The minimum absolute atomic E-state index is 0.0992. The average molecular weight is 472 g/mol. The van der Waals surface area contributed by atoms with E-state index in [4.69, 9.17) is 19.0 Å². The molecule has 0 N–H and O–H groups in total. The summed E-state index contributed by atoms with van der Waals surface area (Å²) in [6.07, 6.45) is -0.522. The molecule has 2 unspecified atom stereocenters. The van der Waals surface area contributed by atoms with Gasteiger partial charge in [0.25, 0.3) is 0 Å². The fraction of sp³-hybridized carbons (Fsp3) is 0.185. The van der Waals surface area contributed by atoms with Crippen LogP contribution in [-0.2, 0) is 23.9 Å². The predicted octanol–water partition coefficient (Wildman–Crippen LogP) is 4.43. The molecular weight excluding hydrogens is 448 g/mol. The molecule has 0 spiro atoms. The van der Waals surface area contributed by atoms with Crippen LogP contribution >= 0.6 is 0 Å². The van der Waals surface area contributed by atoms with E-state index in [9.17, 15) is 9.59 Å². The molecule has 8 nitrogen and oxygen atoms in total. The number of rotatable bonds is 5. The third kappa shape index (κ3) is 3.68. The molecule has 0 aromatic heterocycles. The zero-order valence-electron chi connectivity index (χ0n) is 19.5. The smallest absolute Gasteiger partial charge is 0.376 e. The van der Waals surface area contributed by atoms with Gasteiger partial charge in [-0.15, -0.1) is 5.06 Å². The lowest BCUT2D eigenvalue weighted by atomic mass is 9.91. The Kier molecular flexibility index (Phi) is 5.88. The first kappa shape index (κ1) is 22.5. The highest BCUT2D eigenvalue weighted by molar-refractivity contribution is 6.01. The normalized spacial score (nSPS) is 18.9. The van der Waals surface area contributed by atoms with Gasteiger partial charge in [0.2, 0.25) is 5.76 Å². The molecule has 2 heterocycles. The number of nitrogens with zero attached hydrogens (tertiary/aromatic N) is 2. The fourth-order valence-electron chi connectivity index (χ4n) is 4.62. The molecule has 0 bridgehead atoms. The molecule has 8 heteroatoms. The summed E-state index contributed by atoms with van der Waals surface area (Å²) in [7, 11) is 4.14. The van der Waals surface area contributed by atoms with E-state index in [0.29, 0.717) is 0 Å². The number of hydrogen-bond acceptors (Lipinski definition) is 8. The fourth-order valence-corrected chi connectivity index (χ4v) is 4.62. The molecule has 5 rings (SSSR count). The summed E-state index contributed by atoms with van der Waals surface area (Å²) in [5.41, 5.74) is 3.53. The third-order valence-electron chi connectivity index (χ3n) is 6.17. The number of hydrogen-bond donors (Lipinski definition) is 0. The molecule has 3 aromatic rings. The summed E-state index contributed by atoms with van der Waals surface area (Å²) in [4.78, 5) is 33.9. The Bertz CT molecular complexity index is 1290. The van der Waals surface area contributed by atoms with Gasteiger partial charge < -0.3 is 23.9 Å². The number of anilines is 2. The van der Waals surface area contributed by atoms with Crippen LogP contribution in [0.5, 0.6) is 5.75 Å². The molecule has 3 aromatic carbocycles. The van der Waals surface area contributed by atoms with Gasteiger partial charge in [-0.1, -0.05) is 48.5 Å². The summed E-state index contributed by atoms with van der Waals surface area (Å²) < 4.78 is 15.4. The van der Waals surface area contributed by atoms with Crippen molar-refractivity contribution in [1.29, 1.82) is 0 Å². The second-order valence-electron chi connectivity index (χ2n) is 7.99. The minimum Gasteiger partial charge on any atom is -0.497 e. The highest BCUT2D eigenvalue weighted by Gasteiger charge is 2.52. The van der Waals surface area contributed by atoms with E-state index in [1.54, 1.807) is 12.2 Å². The zero-order valence-corrected chi connectivity index (χ0v) is 19.5. The second kappa shape index (κ2) is 9.15. The van der Waals surface area contributed by atoms with E-state index < -0.39 is 24.1 Å². The van der Waals surface area contributed by atoms with Crippen LogP contribution in [0.15, 0.2) is 90.2 Å². The standard InChI is InChI=1S/C27H24N2O6/c1-32-19-15-13-18(14-16-19)28-21-12-8-7-11-20(21)23-22(26(30)33-2)24(27(31)34-3)35-29(23)25(28)17-9-5-4-6-10-17/h4-16,23,25H,1-3H3. The molecule has 0 radical (unpaired) electrons. The average Bonchev–Trinajstić information content (AvgIpc) is 3.32. The van der Waals surface area contributed by atoms with Crippen molar-refractivity contribution >= 4 is 23.3 Å². The summed E-state index contributed by atoms with van der Waals surface area (Å²) in [6, 6.07) is 24.5. The van der Waals surface area contributed by atoms with Gasteiger partial charge in [-0.05, 0) is 35.9 Å². The van der Waals surface area contributed by atoms with Crippen molar-refractivity contribution in [3.63, 3.8) is 0 Å². The summed E-state index contributed by atoms with van der Waals surface area (Å²) in [6.45, 7) is 0. The summed E-state index contributed by atoms with van der Waals surface area (Å²) in [5.74, 6) is -0.859. The van der Waals surface area contributed by atoms with Crippen LogP contribution in [0.3, 0.4) is 0 Å². The molecular formula is C27H24N2O6. The van der Waals surface area contributed by atoms with Crippen molar-refractivity contribution in [2.45, 2.75) is 12.2 Å². The first-order chi connectivity index (χ1) is 17.1. The third-order valence-corrected chi connectivity index (χ3v) is 6.17. The Labute approximate surface area is 202 Å². The molecule has 178 valence electrons. The Balaban J connectivity index is 1.76. The molecule has 0 fully saturated rings. The van der Waals surface area contributed by atoms with E-state index in [1.165, 1.54) is 14.2 Å². The van der Waals surface area contributed by atoms with Gasteiger partial charge in [-0.25, -0.2) is 9.59 Å². The van der Waals surface area contributed by atoms with Crippen molar-refractivity contribution in [2.75, 3.05) is 26.2 Å². The number of ether oxygens (including phenoxy) is 3. The zero-order chi connectivity index (χ0) is 24.5. The van der Waals surface area contributed by atoms with Crippen LogP contribution in [0.25, 0.3) is 0 Å². The lowest BCUT2D eigenvalue weighted by molar-refractivity contribution is -0.174. The van der Waals surface area contributed by atoms with Crippen LogP contribution in [0.2, 0.25) is 0 Å². The molecule has 2 atom stereocenters. The molecule has 35 heavy (non-hydrogen) atoms. The number of fused-ring (bicyclic) bond motifs is 3. The molecule has 2 aliphatic heterocycles. The van der Waals surface area contributed by atoms with Gasteiger partial charge in [0.1, 0.15) is 23.5 Å². The van der Waals surface area contributed by atoms with E-state index in [-0.39, 0.29) is 11.3 Å². The largest absolute Gasteiger partial charge is 0.497 e. The number of methoxy groups -OCH3 is 3. The van der Waals surface area contributed by atoms with Gasteiger partial charge in [0, 0.05) is 16.9 Å². The Morgan fingerprint density at radius 2 is 1.46 bits per heavy atom. The Morgan fingerprint density at radius 3 is 2.11 bits per heavy atom. The number of esters is 2. The lowest BCUT2D eigenvalue weighted by Crippen LogP contribution is -2.44. The van der Waals surface area contributed by atoms with E-state index >= 15 is 0 Å². The first-order valence-corrected chi connectivity index (χ1v) is 11.0. The monoisotopic (exact) mass is 472 g/mol. The number of benzene rings is 3. The highest BCUT2D eigenvalue weighted by Crippen LogP contribution is 2.54. The van der Waals surface area contributed by atoms with E-state index in [1.807, 2.05) is 78.9 Å². The number of para-hydroxylation sites is 1. The van der Waals surface area contributed by atoms with Crippen molar-refractivity contribution in [3.05, 3.63) is 101 Å². The topological polar surface area (TPSA) is 77.5 Å². The van der Waals surface area contributed by atoms with Crippen LogP contribution in [0, 0.1) is 0 Å². The maximum atomic E-state index is 13.0. The van der Waals surface area contributed by atoms with Gasteiger partial charge in [0.05, 0.1) is 21.3 Å². The SMILES string of the molecule is COC(=O)C1=C(C(=O)OC)C2c3ccccc3N(c3ccc(OC)cc3)C(c3ccccc3)N2O1. The molecule has 2 aliphatic rings. The molecule has 0 aliphatic carbocycles.